The van der Waals surface area contributed by atoms with E-state index in [4.69, 9.17) is 9.47 Å². The lowest BCUT2D eigenvalue weighted by Crippen LogP contribution is -1.86. The molecule has 4 rings (SSSR count). The molecule has 152 valence electrons. The zero-order valence-corrected chi connectivity index (χ0v) is 17.3. The molecule has 0 aliphatic heterocycles. The molecule has 4 aromatic rings. The van der Waals surface area contributed by atoms with Crippen LogP contribution in [-0.2, 0) is 0 Å². The van der Waals surface area contributed by atoms with Gasteiger partial charge in [-0.2, -0.15) is 0 Å². The highest BCUT2D eigenvalue weighted by Gasteiger charge is 2.03. The quantitative estimate of drug-likeness (QED) is 0.283. The van der Waals surface area contributed by atoms with E-state index in [2.05, 4.69) is 0 Å². The summed E-state index contributed by atoms with van der Waals surface area (Å²) in [6.07, 6.45) is 1.61. The van der Waals surface area contributed by atoms with Crippen LogP contribution in [0.5, 0.6) is 23.0 Å². The third-order valence-electron chi connectivity index (χ3n) is 4.39. The highest BCUT2D eigenvalue weighted by Crippen LogP contribution is 2.32. The minimum absolute atomic E-state index is 0.617. The first kappa shape index (κ1) is 20.4. The average Bonchev–Trinajstić information content (AvgIpc) is 2.82. The van der Waals surface area contributed by atoms with Gasteiger partial charge in [0, 0.05) is 20.9 Å². The smallest absolute Gasteiger partial charge is 0.150 e. The van der Waals surface area contributed by atoms with Crippen molar-refractivity contribution in [3.05, 3.63) is 108 Å². The van der Waals surface area contributed by atoms with Crippen LogP contribution in [0.15, 0.2) is 107 Å². The summed E-state index contributed by atoms with van der Waals surface area (Å²) in [5, 5.41) is 0. The number of hydrogen-bond donors (Lipinski definition) is 0. The first-order valence-corrected chi connectivity index (χ1v) is 10.4. The second-order valence-corrected chi connectivity index (χ2v) is 7.77. The third kappa shape index (κ3) is 5.62. The Bertz CT molecular complexity index is 1060. The van der Waals surface area contributed by atoms with Crippen LogP contribution in [0.4, 0.5) is 0 Å². The predicted molar refractivity (Wildman–Crippen MR) is 121 cm³/mol. The van der Waals surface area contributed by atoms with Gasteiger partial charge in [0.25, 0.3) is 0 Å². The second kappa shape index (κ2) is 9.78. The molecule has 0 heterocycles. The molecule has 0 spiro atoms. The standard InChI is InChI=1S/C26H18O4S/c27-17-19-1-5-21(6-2-19)29-23-9-13-25(14-10-23)31-26-15-11-24(12-16-26)30-22-7-3-20(18-28)4-8-22/h1-18H. The first-order chi connectivity index (χ1) is 15.2. The fourth-order valence-electron chi connectivity index (χ4n) is 2.79. The molecule has 0 atom stereocenters. The maximum Gasteiger partial charge on any atom is 0.150 e. The number of carbonyl (C=O) groups excluding carboxylic acids is 2. The molecule has 0 saturated carbocycles. The Kier molecular flexibility index (Phi) is 6.45. The van der Waals surface area contributed by atoms with E-state index < -0.39 is 0 Å². The summed E-state index contributed by atoms with van der Waals surface area (Å²) < 4.78 is 11.6. The van der Waals surface area contributed by atoms with E-state index in [0.717, 1.165) is 33.9 Å². The minimum Gasteiger partial charge on any atom is -0.457 e. The molecule has 0 fully saturated rings. The van der Waals surface area contributed by atoms with Crippen molar-refractivity contribution in [1.82, 2.24) is 0 Å². The van der Waals surface area contributed by atoms with Gasteiger partial charge in [0.1, 0.15) is 35.6 Å². The number of rotatable bonds is 8. The molecule has 0 radical (unpaired) electrons. The summed E-state index contributed by atoms with van der Waals surface area (Å²) in [4.78, 5) is 23.6. The van der Waals surface area contributed by atoms with Crippen molar-refractivity contribution in [3.8, 4) is 23.0 Å². The fraction of sp³-hybridized carbons (Fsp3) is 0. The maximum absolute atomic E-state index is 10.7. The first-order valence-electron chi connectivity index (χ1n) is 9.56. The molecule has 0 saturated heterocycles. The van der Waals surface area contributed by atoms with Crippen molar-refractivity contribution in [2.75, 3.05) is 0 Å². The molecule has 0 aromatic heterocycles. The highest BCUT2D eigenvalue weighted by atomic mass is 32.2. The third-order valence-corrected chi connectivity index (χ3v) is 5.40. The van der Waals surface area contributed by atoms with E-state index in [1.54, 1.807) is 60.3 Å². The number of benzene rings is 4. The molecule has 0 N–H and O–H groups in total. The van der Waals surface area contributed by atoms with Gasteiger partial charge < -0.3 is 9.47 Å². The van der Waals surface area contributed by atoms with Gasteiger partial charge in [0.15, 0.2) is 0 Å². The van der Waals surface area contributed by atoms with Gasteiger partial charge in [0.05, 0.1) is 0 Å². The number of ether oxygens (including phenoxy) is 2. The minimum atomic E-state index is 0.617. The molecular weight excluding hydrogens is 408 g/mol. The Labute approximate surface area is 184 Å². The zero-order chi connectivity index (χ0) is 21.5. The zero-order valence-electron chi connectivity index (χ0n) is 16.4. The molecule has 4 aromatic carbocycles. The summed E-state index contributed by atoms with van der Waals surface area (Å²) in [6.45, 7) is 0. The van der Waals surface area contributed by atoms with E-state index in [0.29, 0.717) is 22.6 Å². The Hall–Kier alpha value is -3.83. The van der Waals surface area contributed by atoms with Crippen LogP contribution in [0.3, 0.4) is 0 Å². The van der Waals surface area contributed by atoms with Crippen LogP contribution in [-0.4, -0.2) is 12.6 Å². The maximum atomic E-state index is 10.7. The Morgan fingerprint density at radius 1 is 0.452 bits per heavy atom. The summed E-state index contributed by atoms with van der Waals surface area (Å²) in [5.74, 6) is 2.82. The fourth-order valence-corrected chi connectivity index (χ4v) is 3.61. The van der Waals surface area contributed by atoms with E-state index >= 15 is 0 Å². The average molecular weight is 426 g/mol. The van der Waals surface area contributed by atoms with Crippen LogP contribution in [0.25, 0.3) is 0 Å². The van der Waals surface area contributed by atoms with Gasteiger partial charge in [-0.25, -0.2) is 0 Å². The van der Waals surface area contributed by atoms with E-state index in [9.17, 15) is 9.59 Å². The van der Waals surface area contributed by atoms with E-state index in [1.165, 1.54) is 0 Å². The van der Waals surface area contributed by atoms with Crippen LogP contribution in [0.2, 0.25) is 0 Å². The van der Waals surface area contributed by atoms with Crippen LogP contribution < -0.4 is 9.47 Å². The van der Waals surface area contributed by atoms with Gasteiger partial charge >= 0.3 is 0 Å². The van der Waals surface area contributed by atoms with Gasteiger partial charge in [-0.1, -0.05) is 11.8 Å². The number of carbonyl (C=O) groups is 2. The molecule has 0 aliphatic carbocycles. The molecule has 0 bridgehead atoms. The SMILES string of the molecule is O=Cc1ccc(Oc2ccc(Sc3ccc(Oc4ccc(C=O)cc4)cc3)cc2)cc1. The molecule has 5 heteroatoms. The molecule has 31 heavy (non-hydrogen) atoms. The lowest BCUT2D eigenvalue weighted by Gasteiger charge is -2.08. The Morgan fingerprint density at radius 3 is 1.03 bits per heavy atom. The number of aldehydes is 2. The van der Waals surface area contributed by atoms with Crippen molar-refractivity contribution >= 4 is 24.3 Å². The molecule has 0 amide bonds. The summed E-state index contributed by atoms with van der Waals surface area (Å²) in [6, 6.07) is 29.6. The van der Waals surface area contributed by atoms with Crippen LogP contribution in [0.1, 0.15) is 20.7 Å². The van der Waals surface area contributed by atoms with Crippen molar-refractivity contribution in [2.24, 2.45) is 0 Å². The van der Waals surface area contributed by atoms with Gasteiger partial charge in [-0.05, 0) is 97.1 Å². The summed E-state index contributed by atoms with van der Waals surface area (Å²) >= 11 is 1.64. The highest BCUT2D eigenvalue weighted by molar-refractivity contribution is 7.99. The van der Waals surface area contributed by atoms with Crippen molar-refractivity contribution in [2.45, 2.75) is 9.79 Å². The Morgan fingerprint density at radius 2 is 0.742 bits per heavy atom. The summed E-state index contributed by atoms with van der Waals surface area (Å²) in [7, 11) is 0. The van der Waals surface area contributed by atoms with Crippen LogP contribution in [0, 0.1) is 0 Å². The molecule has 4 nitrogen and oxygen atoms in total. The molecule has 0 aliphatic rings. The Balaban J connectivity index is 1.35. The molecular formula is C26H18O4S. The largest absolute Gasteiger partial charge is 0.457 e. The van der Waals surface area contributed by atoms with Gasteiger partial charge in [-0.3, -0.25) is 9.59 Å². The summed E-state index contributed by atoms with van der Waals surface area (Å²) in [5.41, 5.74) is 1.23. The topological polar surface area (TPSA) is 52.6 Å². The second-order valence-electron chi connectivity index (χ2n) is 6.62. The van der Waals surface area contributed by atoms with Crippen molar-refractivity contribution < 1.29 is 19.1 Å². The lowest BCUT2D eigenvalue weighted by atomic mass is 10.2. The van der Waals surface area contributed by atoms with Gasteiger partial charge in [-0.15, -0.1) is 0 Å². The van der Waals surface area contributed by atoms with E-state index in [-0.39, 0.29) is 0 Å². The number of hydrogen-bond acceptors (Lipinski definition) is 5. The van der Waals surface area contributed by atoms with Crippen molar-refractivity contribution in [3.63, 3.8) is 0 Å². The van der Waals surface area contributed by atoms with Crippen LogP contribution >= 0.6 is 11.8 Å². The predicted octanol–water partition coefficient (Wildman–Crippen LogP) is 7.05. The monoisotopic (exact) mass is 426 g/mol. The lowest BCUT2D eigenvalue weighted by molar-refractivity contribution is 0.111. The van der Waals surface area contributed by atoms with E-state index in [1.807, 2.05) is 48.5 Å². The van der Waals surface area contributed by atoms with Gasteiger partial charge in [0.2, 0.25) is 0 Å². The molecule has 0 unspecified atom stereocenters. The normalized spacial score (nSPS) is 10.3. The van der Waals surface area contributed by atoms with Crippen molar-refractivity contribution in [1.29, 1.82) is 0 Å².